The fourth-order valence-corrected chi connectivity index (χ4v) is 2.63. The van der Waals surface area contributed by atoms with Crippen LogP contribution >= 0.6 is 11.8 Å². The molecule has 0 aromatic heterocycles. The van der Waals surface area contributed by atoms with Gasteiger partial charge in [-0.25, -0.2) is 0 Å². The smallest absolute Gasteiger partial charge is 0.0741 e. The topological polar surface area (TPSA) is 32.3 Å². The van der Waals surface area contributed by atoms with Gasteiger partial charge in [0.05, 0.1) is 5.60 Å². The zero-order chi connectivity index (χ0) is 9.90. The quantitative estimate of drug-likeness (QED) is 0.728. The van der Waals surface area contributed by atoms with Gasteiger partial charge in [-0.1, -0.05) is 13.8 Å². The lowest BCUT2D eigenvalue weighted by molar-refractivity contribution is 0.0535. The zero-order valence-electron chi connectivity index (χ0n) is 8.84. The Hall–Kier alpha value is 0.270. The lowest BCUT2D eigenvalue weighted by atomic mass is 10.0. The highest BCUT2D eigenvalue weighted by Gasteiger charge is 2.24. The average molecular weight is 203 g/mol. The summed E-state index contributed by atoms with van der Waals surface area (Å²) >= 11 is 2.02. The molecular formula is C10H21NOS. The van der Waals surface area contributed by atoms with E-state index in [0.29, 0.717) is 6.04 Å². The molecule has 0 aliphatic carbocycles. The first kappa shape index (κ1) is 11.3. The second-order valence-corrected chi connectivity index (χ2v) is 5.78. The van der Waals surface area contributed by atoms with Crippen LogP contribution in [0.15, 0.2) is 0 Å². The van der Waals surface area contributed by atoms with Crippen LogP contribution in [0.2, 0.25) is 0 Å². The van der Waals surface area contributed by atoms with Gasteiger partial charge in [0.1, 0.15) is 0 Å². The van der Waals surface area contributed by atoms with Crippen molar-refractivity contribution >= 4 is 11.8 Å². The summed E-state index contributed by atoms with van der Waals surface area (Å²) in [6.07, 6.45) is 2.06. The molecule has 2 nitrogen and oxygen atoms in total. The Balaban J connectivity index is 2.19. The normalized spacial score (nSPS) is 33.2. The molecule has 0 spiro atoms. The van der Waals surface area contributed by atoms with Crippen molar-refractivity contribution in [2.45, 2.75) is 50.5 Å². The summed E-state index contributed by atoms with van der Waals surface area (Å²) in [5, 5.41) is 14.0. The molecule has 1 aliphatic rings. The first-order valence-corrected chi connectivity index (χ1v) is 6.16. The summed E-state index contributed by atoms with van der Waals surface area (Å²) in [6.45, 7) is 6.91. The van der Waals surface area contributed by atoms with Crippen molar-refractivity contribution in [3.8, 4) is 0 Å². The van der Waals surface area contributed by atoms with E-state index < -0.39 is 5.60 Å². The van der Waals surface area contributed by atoms with Crippen LogP contribution in [-0.4, -0.2) is 34.3 Å². The van der Waals surface area contributed by atoms with Crippen LogP contribution in [0.5, 0.6) is 0 Å². The molecule has 0 aromatic carbocycles. The van der Waals surface area contributed by atoms with Crippen LogP contribution < -0.4 is 5.32 Å². The van der Waals surface area contributed by atoms with Crippen molar-refractivity contribution in [1.29, 1.82) is 0 Å². The molecule has 1 heterocycles. The van der Waals surface area contributed by atoms with Gasteiger partial charge in [-0.15, -0.1) is 0 Å². The predicted octanol–water partition coefficient (Wildman–Crippen LogP) is 1.63. The monoisotopic (exact) mass is 203 g/mol. The standard InChI is InChI=1S/C10H21NOS/c1-4-10(3,12)7-11-9-5-8(2)13-6-9/h8-9,11-12H,4-7H2,1-3H3. The van der Waals surface area contributed by atoms with Gasteiger partial charge in [-0.05, 0) is 19.8 Å². The van der Waals surface area contributed by atoms with Crippen LogP contribution in [-0.2, 0) is 0 Å². The highest BCUT2D eigenvalue weighted by Crippen LogP contribution is 2.26. The van der Waals surface area contributed by atoms with Crippen molar-refractivity contribution < 1.29 is 5.11 Å². The van der Waals surface area contributed by atoms with Gasteiger partial charge in [-0.2, -0.15) is 11.8 Å². The molecular weight excluding hydrogens is 182 g/mol. The molecule has 2 N–H and O–H groups in total. The van der Waals surface area contributed by atoms with E-state index >= 15 is 0 Å². The van der Waals surface area contributed by atoms with Crippen LogP contribution in [0.25, 0.3) is 0 Å². The third-order valence-electron chi connectivity index (χ3n) is 2.73. The number of hydrogen-bond donors (Lipinski definition) is 2. The Morgan fingerprint density at radius 2 is 2.31 bits per heavy atom. The average Bonchev–Trinajstić information content (AvgIpc) is 2.48. The molecule has 0 saturated carbocycles. The fraction of sp³-hybridized carbons (Fsp3) is 1.00. The Kier molecular flexibility index (Phi) is 4.07. The molecule has 1 saturated heterocycles. The SMILES string of the molecule is CCC(C)(O)CNC1CSC(C)C1. The van der Waals surface area contributed by atoms with E-state index in [0.717, 1.165) is 18.2 Å². The Bertz CT molecular complexity index is 161. The minimum atomic E-state index is -0.531. The molecule has 0 bridgehead atoms. The summed E-state index contributed by atoms with van der Waals surface area (Å²) in [5.41, 5.74) is -0.531. The molecule has 0 amide bonds. The van der Waals surface area contributed by atoms with Crippen molar-refractivity contribution in [1.82, 2.24) is 5.32 Å². The molecule has 3 atom stereocenters. The number of hydrogen-bond acceptors (Lipinski definition) is 3. The van der Waals surface area contributed by atoms with E-state index in [9.17, 15) is 5.11 Å². The minimum absolute atomic E-state index is 0.531. The molecule has 78 valence electrons. The van der Waals surface area contributed by atoms with E-state index in [1.54, 1.807) is 0 Å². The molecule has 3 unspecified atom stereocenters. The fourth-order valence-electron chi connectivity index (χ4n) is 1.45. The molecule has 3 heteroatoms. The second-order valence-electron chi connectivity index (χ2n) is 4.31. The van der Waals surface area contributed by atoms with Gasteiger partial charge < -0.3 is 10.4 Å². The molecule has 13 heavy (non-hydrogen) atoms. The summed E-state index contributed by atoms with van der Waals surface area (Å²) in [4.78, 5) is 0. The zero-order valence-corrected chi connectivity index (χ0v) is 9.66. The predicted molar refractivity (Wildman–Crippen MR) is 59.2 cm³/mol. The molecule has 0 radical (unpaired) electrons. The van der Waals surface area contributed by atoms with Crippen LogP contribution in [0.3, 0.4) is 0 Å². The van der Waals surface area contributed by atoms with Crippen LogP contribution in [0.1, 0.15) is 33.6 Å². The first-order valence-electron chi connectivity index (χ1n) is 5.11. The second kappa shape index (κ2) is 4.67. The number of aliphatic hydroxyl groups is 1. The van der Waals surface area contributed by atoms with E-state index in [1.807, 2.05) is 25.6 Å². The van der Waals surface area contributed by atoms with Gasteiger partial charge in [-0.3, -0.25) is 0 Å². The third kappa shape index (κ3) is 3.88. The number of thioether (sulfide) groups is 1. The van der Waals surface area contributed by atoms with E-state index in [4.69, 9.17) is 0 Å². The molecule has 0 aromatic rings. The van der Waals surface area contributed by atoms with Gasteiger partial charge >= 0.3 is 0 Å². The molecule has 1 rings (SSSR count). The van der Waals surface area contributed by atoms with Crippen LogP contribution in [0.4, 0.5) is 0 Å². The largest absolute Gasteiger partial charge is 0.389 e. The van der Waals surface area contributed by atoms with Crippen molar-refractivity contribution in [2.75, 3.05) is 12.3 Å². The summed E-state index contributed by atoms with van der Waals surface area (Å²) in [7, 11) is 0. The Labute approximate surface area is 85.5 Å². The maximum Gasteiger partial charge on any atom is 0.0741 e. The summed E-state index contributed by atoms with van der Waals surface area (Å²) in [6, 6.07) is 0.609. The van der Waals surface area contributed by atoms with Gasteiger partial charge in [0.15, 0.2) is 0 Å². The lowest BCUT2D eigenvalue weighted by Gasteiger charge is -2.24. The summed E-state index contributed by atoms with van der Waals surface area (Å²) < 4.78 is 0. The Morgan fingerprint density at radius 1 is 1.62 bits per heavy atom. The van der Waals surface area contributed by atoms with E-state index in [2.05, 4.69) is 12.2 Å². The van der Waals surface area contributed by atoms with Gasteiger partial charge in [0.25, 0.3) is 0 Å². The number of nitrogens with one attached hydrogen (secondary N) is 1. The lowest BCUT2D eigenvalue weighted by Crippen LogP contribution is -2.42. The molecule has 1 fully saturated rings. The number of rotatable bonds is 4. The van der Waals surface area contributed by atoms with Crippen LogP contribution in [0, 0.1) is 0 Å². The first-order chi connectivity index (χ1) is 6.03. The minimum Gasteiger partial charge on any atom is -0.389 e. The highest BCUT2D eigenvalue weighted by molar-refractivity contribution is 8.00. The van der Waals surface area contributed by atoms with Crippen molar-refractivity contribution in [3.05, 3.63) is 0 Å². The summed E-state index contributed by atoms with van der Waals surface area (Å²) in [5.74, 6) is 1.20. The maximum atomic E-state index is 9.78. The van der Waals surface area contributed by atoms with Gasteiger partial charge in [0, 0.05) is 23.6 Å². The van der Waals surface area contributed by atoms with Crippen molar-refractivity contribution in [2.24, 2.45) is 0 Å². The Morgan fingerprint density at radius 3 is 2.77 bits per heavy atom. The maximum absolute atomic E-state index is 9.78. The third-order valence-corrected chi connectivity index (χ3v) is 4.09. The van der Waals surface area contributed by atoms with Gasteiger partial charge in [0.2, 0.25) is 0 Å². The van der Waals surface area contributed by atoms with Crippen molar-refractivity contribution in [3.63, 3.8) is 0 Å². The highest BCUT2D eigenvalue weighted by atomic mass is 32.2. The molecule has 1 aliphatic heterocycles. The van der Waals surface area contributed by atoms with E-state index in [1.165, 1.54) is 12.2 Å². The van der Waals surface area contributed by atoms with E-state index in [-0.39, 0.29) is 0 Å².